The summed E-state index contributed by atoms with van der Waals surface area (Å²) in [5, 5.41) is 0. The summed E-state index contributed by atoms with van der Waals surface area (Å²) >= 11 is 0. The fourth-order valence-electron chi connectivity index (χ4n) is 0.691. The third-order valence-electron chi connectivity index (χ3n) is 1.26. The van der Waals surface area contributed by atoms with E-state index in [-0.39, 0.29) is 0 Å². The van der Waals surface area contributed by atoms with Gasteiger partial charge >= 0.3 is 10.1 Å². The molecule has 3 nitrogen and oxygen atoms in total. The average molecular weight is 182 g/mol. The van der Waals surface area contributed by atoms with Crippen molar-refractivity contribution in [2.45, 2.75) is 11.9 Å². The van der Waals surface area contributed by atoms with E-state index in [0.29, 0.717) is 0 Å². The number of hydrogen-bond acceptors (Lipinski definition) is 3. The Morgan fingerprint density at radius 1 is 1.45 bits per heavy atom. The lowest BCUT2D eigenvalue weighted by atomic mass is 10.2. The van der Waals surface area contributed by atoms with Crippen molar-refractivity contribution < 1.29 is 21.4 Å². The first-order valence-corrected chi connectivity index (χ1v) is 4.12. The summed E-state index contributed by atoms with van der Waals surface area (Å²) in [7, 11) is -4.42. The molecule has 0 amide bonds. The molecule has 11 heavy (non-hydrogen) atoms. The van der Waals surface area contributed by atoms with Crippen LogP contribution in [0.4, 0.5) is 8.78 Å². The maximum absolute atomic E-state index is 12.5. The second kappa shape index (κ2) is 2.43. The first kappa shape index (κ1) is 8.43. The van der Waals surface area contributed by atoms with Gasteiger partial charge in [0.25, 0.3) is 0 Å². The first-order valence-electron chi connectivity index (χ1n) is 2.65. The van der Waals surface area contributed by atoms with Gasteiger partial charge < -0.3 is 0 Å². The molecule has 0 aromatic carbocycles. The lowest BCUT2D eigenvalue weighted by Crippen LogP contribution is -2.17. The maximum atomic E-state index is 12.5. The Bertz CT molecular complexity index is 291. The lowest BCUT2D eigenvalue weighted by Gasteiger charge is -1.99. The highest BCUT2D eigenvalue weighted by molar-refractivity contribution is 7.87. The predicted molar refractivity (Wildman–Crippen MR) is 32.1 cm³/mol. The van der Waals surface area contributed by atoms with Crippen LogP contribution in [-0.4, -0.2) is 20.3 Å². The van der Waals surface area contributed by atoms with E-state index in [2.05, 4.69) is 10.6 Å². The van der Waals surface area contributed by atoms with E-state index < -0.39 is 27.9 Å². The van der Waals surface area contributed by atoms with Crippen molar-refractivity contribution in [1.29, 1.82) is 0 Å². The molecule has 0 radical (unpaired) electrons. The standard InChI is InChI=1S/C5H4F2O3S/c1-2-3-4(6)10-11(8,9)5(3)7/h1,3-5H. The summed E-state index contributed by atoms with van der Waals surface area (Å²) in [5.74, 6) is 0.0260. The predicted octanol–water partition coefficient (Wildman–Crippen LogP) is 0.187. The zero-order valence-electron chi connectivity index (χ0n) is 5.20. The molecule has 1 rings (SSSR count). The van der Waals surface area contributed by atoms with Crippen LogP contribution in [0.15, 0.2) is 0 Å². The Morgan fingerprint density at radius 3 is 2.18 bits per heavy atom. The smallest absolute Gasteiger partial charge is 0.229 e. The van der Waals surface area contributed by atoms with Gasteiger partial charge in [0, 0.05) is 0 Å². The quantitative estimate of drug-likeness (QED) is 0.396. The van der Waals surface area contributed by atoms with Crippen LogP contribution in [0.2, 0.25) is 0 Å². The highest BCUT2D eigenvalue weighted by Crippen LogP contribution is 2.31. The summed E-state index contributed by atoms with van der Waals surface area (Å²) in [6.45, 7) is 0. The summed E-state index contributed by atoms with van der Waals surface area (Å²) < 4.78 is 49.3. The molecule has 1 aliphatic heterocycles. The van der Waals surface area contributed by atoms with Gasteiger partial charge in [0.2, 0.25) is 11.9 Å². The molecule has 0 aromatic rings. The minimum absolute atomic E-state index is 1.64. The van der Waals surface area contributed by atoms with E-state index in [4.69, 9.17) is 0 Å². The van der Waals surface area contributed by atoms with E-state index in [1.165, 1.54) is 0 Å². The van der Waals surface area contributed by atoms with Crippen LogP contribution >= 0.6 is 0 Å². The topological polar surface area (TPSA) is 43.4 Å². The monoisotopic (exact) mass is 182 g/mol. The normalized spacial score (nSPS) is 41.7. The van der Waals surface area contributed by atoms with Crippen molar-refractivity contribution in [1.82, 2.24) is 0 Å². The van der Waals surface area contributed by atoms with Crippen LogP contribution in [0, 0.1) is 18.3 Å². The molecular formula is C5H4F2O3S. The molecule has 0 N–H and O–H groups in total. The molecule has 62 valence electrons. The van der Waals surface area contributed by atoms with Gasteiger partial charge in [-0.2, -0.15) is 8.42 Å². The highest BCUT2D eigenvalue weighted by Gasteiger charge is 2.49. The lowest BCUT2D eigenvalue weighted by molar-refractivity contribution is 0.0613. The first-order chi connectivity index (χ1) is 4.99. The third-order valence-corrected chi connectivity index (χ3v) is 2.56. The Hall–Kier alpha value is -0.670. The molecule has 0 aromatic heterocycles. The van der Waals surface area contributed by atoms with Crippen molar-refractivity contribution in [3.8, 4) is 12.3 Å². The molecule has 6 heteroatoms. The van der Waals surface area contributed by atoms with Crippen LogP contribution in [0.25, 0.3) is 0 Å². The van der Waals surface area contributed by atoms with Crippen molar-refractivity contribution in [3.63, 3.8) is 0 Å². The highest BCUT2D eigenvalue weighted by atomic mass is 32.2. The number of rotatable bonds is 0. The van der Waals surface area contributed by atoms with Gasteiger partial charge in [0.05, 0.1) is 0 Å². The molecule has 3 unspecified atom stereocenters. The van der Waals surface area contributed by atoms with Gasteiger partial charge in [-0.3, -0.25) is 0 Å². The van der Waals surface area contributed by atoms with Gasteiger partial charge in [-0.15, -0.1) is 6.42 Å². The molecule has 1 fully saturated rings. The summed E-state index contributed by atoms with van der Waals surface area (Å²) in [5.41, 5.74) is -2.44. The van der Waals surface area contributed by atoms with Gasteiger partial charge in [-0.1, -0.05) is 5.92 Å². The molecule has 0 bridgehead atoms. The van der Waals surface area contributed by atoms with E-state index in [0.717, 1.165) is 0 Å². The number of alkyl halides is 2. The van der Waals surface area contributed by atoms with Gasteiger partial charge in [-0.25, -0.2) is 13.0 Å². The summed E-state index contributed by atoms with van der Waals surface area (Å²) in [4.78, 5) is 0. The molecule has 0 aliphatic carbocycles. The number of hydrogen-bond donors (Lipinski definition) is 0. The second-order valence-corrected chi connectivity index (χ2v) is 3.61. The Kier molecular flexibility index (Phi) is 1.86. The molecule has 0 spiro atoms. The van der Waals surface area contributed by atoms with E-state index in [1.807, 2.05) is 0 Å². The average Bonchev–Trinajstić information content (AvgIpc) is 2.04. The zero-order chi connectivity index (χ0) is 8.65. The van der Waals surface area contributed by atoms with Crippen LogP contribution in [0.5, 0.6) is 0 Å². The van der Waals surface area contributed by atoms with E-state index >= 15 is 0 Å². The summed E-state index contributed by atoms with van der Waals surface area (Å²) in [6, 6.07) is 0. The summed E-state index contributed by atoms with van der Waals surface area (Å²) in [6.07, 6.45) is 2.41. The van der Waals surface area contributed by atoms with Crippen molar-refractivity contribution in [3.05, 3.63) is 0 Å². The largest absolute Gasteiger partial charge is 0.304 e. The fourth-order valence-corrected chi connectivity index (χ4v) is 1.73. The van der Waals surface area contributed by atoms with E-state index in [9.17, 15) is 17.2 Å². The maximum Gasteiger partial charge on any atom is 0.304 e. The van der Waals surface area contributed by atoms with Crippen LogP contribution in [0.1, 0.15) is 0 Å². The van der Waals surface area contributed by atoms with Crippen LogP contribution < -0.4 is 0 Å². The van der Waals surface area contributed by atoms with Gasteiger partial charge in [0.1, 0.15) is 5.92 Å². The molecule has 1 saturated heterocycles. The minimum Gasteiger partial charge on any atom is -0.229 e. The molecule has 1 heterocycles. The Labute approximate surface area is 62.5 Å². The SMILES string of the molecule is C#CC1C(F)OS(=O)(=O)C1F. The van der Waals surface area contributed by atoms with Gasteiger partial charge in [0.15, 0.2) is 0 Å². The van der Waals surface area contributed by atoms with Crippen LogP contribution in [-0.2, 0) is 14.3 Å². The number of halogens is 2. The van der Waals surface area contributed by atoms with Crippen LogP contribution in [0.3, 0.4) is 0 Å². The third kappa shape index (κ3) is 1.21. The Balaban J connectivity index is 3.00. The van der Waals surface area contributed by atoms with Crippen molar-refractivity contribution >= 4 is 10.1 Å². The van der Waals surface area contributed by atoms with E-state index in [1.54, 1.807) is 5.92 Å². The minimum atomic E-state index is -4.42. The molecule has 3 atom stereocenters. The zero-order valence-corrected chi connectivity index (χ0v) is 6.01. The Morgan fingerprint density at radius 2 is 2.00 bits per heavy atom. The fraction of sp³-hybridized carbons (Fsp3) is 0.600. The molecule has 0 saturated carbocycles. The molecule has 1 aliphatic rings. The number of terminal acetylenes is 1. The van der Waals surface area contributed by atoms with Gasteiger partial charge in [-0.05, 0) is 0 Å². The second-order valence-electron chi connectivity index (χ2n) is 1.98. The molecular weight excluding hydrogens is 178 g/mol. The van der Waals surface area contributed by atoms with Crippen molar-refractivity contribution in [2.75, 3.05) is 0 Å². The van der Waals surface area contributed by atoms with Crippen molar-refractivity contribution in [2.24, 2.45) is 5.92 Å².